The topological polar surface area (TPSA) is 81.8 Å². The first-order valence-electron chi connectivity index (χ1n) is 8.36. The average molecular weight is 350 g/mol. The molecule has 0 amide bonds. The fourth-order valence-corrected chi connectivity index (χ4v) is 2.97. The number of benzene rings is 1. The molecular formula is C20H19FN4O. The Balaban J connectivity index is 1.88. The molecule has 0 radical (unpaired) electrons. The molecule has 0 aliphatic rings. The van der Waals surface area contributed by atoms with E-state index in [1.807, 2.05) is 18.2 Å². The molecule has 0 saturated carbocycles. The number of pyridine rings is 2. The minimum Gasteiger partial charge on any atom is -0.396 e. The maximum absolute atomic E-state index is 13.9. The van der Waals surface area contributed by atoms with E-state index in [-0.39, 0.29) is 18.3 Å². The van der Waals surface area contributed by atoms with Gasteiger partial charge in [-0.1, -0.05) is 6.07 Å². The molecule has 2 heterocycles. The molecule has 2 N–H and O–H groups in total. The zero-order chi connectivity index (χ0) is 18.5. The second-order valence-electron chi connectivity index (χ2n) is 6.23. The molecule has 6 heteroatoms. The van der Waals surface area contributed by atoms with Gasteiger partial charge in [0.15, 0.2) is 0 Å². The predicted molar refractivity (Wildman–Crippen MR) is 98.2 cm³/mol. The van der Waals surface area contributed by atoms with Crippen LogP contribution in [0.2, 0.25) is 0 Å². The highest BCUT2D eigenvalue weighted by atomic mass is 19.1. The predicted octanol–water partition coefficient (Wildman–Crippen LogP) is 3.21. The van der Waals surface area contributed by atoms with Gasteiger partial charge in [0.1, 0.15) is 11.9 Å². The van der Waals surface area contributed by atoms with Gasteiger partial charge in [0.05, 0.1) is 16.8 Å². The van der Waals surface area contributed by atoms with Crippen LogP contribution in [0, 0.1) is 30.0 Å². The highest BCUT2D eigenvalue weighted by Crippen LogP contribution is 2.29. The average Bonchev–Trinajstić information content (AvgIpc) is 2.65. The van der Waals surface area contributed by atoms with Crippen LogP contribution in [-0.2, 0) is 6.42 Å². The molecule has 5 nitrogen and oxygen atoms in total. The van der Waals surface area contributed by atoms with Crippen LogP contribution in [0.25, 0.3) is 10.9 Å². The first-order chi connectivity index (χ1) is 12.6. The molecule has 26 heavy (non-hydrogen) atoms. The summed E-state index contributed by atoms with van der Waals surface area (Å²) in [6, 6.07) is 10.5. The van der Waals surface area contributed by atoms with Crippen molar-refractivity contribution in [3.05, 3.63) is 65.4 Å². The van der Waals surface area contributed by atoms with Gasteiger partial charge in [0.25, 0.3) is 0 Å². The molecule has 0 aliphatic heterocycles. The Bertz CT molecular complexity index is 953. The van der Waals surface area contributed by atoms with E-state index in [9.17, 15) is 14.8 Å². The van der Waals surface area contributed by atoms with E-state index in [1.54, 1.807) is 13.1 Å². The number of aliphatic hydroxyl groups is 1. The Morgan fingerprint density at radius 1 is 1.31 bits per heavy atom. The molecule has 1 unspecified atom stereocenters. The molecule has 2 aromatic heterocycles. The van der Waals surface area contributed by atoms with Crippen molar-refractivity contribution in [3.63, 3.8) is 0 Å². The van der Waals surface area contributed by atoms with Crippen molar-refractivity contribution >= 4 is 16.6 Å². The molecule has 0 fully saturated rings. The number of aliphatic hydroxyl groups excluding tert-OH is 1. The van der Waals surface area contributed by atoms with Gasteiger partial charge in [-0.3, -0.25) is 9.97 Å². The Kier molecular flexibility index (Phi) is 5.40. The zero-order valence-corrected chi connectivity index (χ0v) is 14.4. The van der Waals surface area contributed by atoms with Crippen molar-refractivity contribution in [2.24, 2.45) is 5.92 Å². The monoisotopic (exact) mass is 350 g/mol. The number of halogens is 1. The van der Waals surface area contributed by atoms with Gasteiger partial charge in [-0.05, 0) is 43.2 Å². The van der Waals surface area contributed by atoms with Crippen molar-refractivity contribution in [1.29, 1.82) is 5.26 Å². The molecule has 0 bridgehead atoms. The molecule has 1 atom stereocenters. The van der Waals surface area contributed by atoms with Crippen LogP contribution in [0.4, 0.5) is 10.1 Å². The molecule has 0 spiro atoms. The fraction of sp³-hybridized carbons (Fsp3) is 0.250. The number of fused-ring (bicyclic) bond motifs is 1. The molecular weight excluding hydrogens is 331 g/mol. The SMILES string of the molecule is Cc1cc(F)cc2c(NCC(CO)Cc3ccccn3)c(C#N)cnc12. The Labute approximate surface area is 151 Å². The van der Waals surface area contributed by atoms with E-state index < -0.39 is 0 Å². The maximum atomic E-state index is 13.9. The van der Waals surface area contributed by atoms with Crippen molar-refractivity contribution < 1.29 is 9.50 Å². The first-order valence-corrected chi connectivity index (χ1v) is 8.36. The van der Waals surface area contributed by atoms with Gasteiger partial charge in [-0.25, -0.2) is 4.39 Å². The lowest BCUT2D eigenvalue weighted by atomic mass is 10.0. The van der Waals surface area contributed by atoms with E-state index in [4.69, 9.17) is 0 Å². The van der Waals surface area contributed by atoms with Crippen molar-refractivity contribution in [2.45, 2.75) is 13.3 Å². The smallest absolute Gasteiger partial charge is 0.124 e. The number of nitrogens with zero attached hydrogens (tertiary/aromatic N) is 3. The lowest BCUT2D eigenvalue weighted by molar-refractivity contribution is 0.232. The zero-order valence-electron chi connectivity index (χ0n) is 14.4. The summed E-state index contributed by atoms with van der Waals surface area (Å²) in [5.41, 5.74) is 3.13. The lowest BCUT2D eigenvalue weighted by Crippen LogP contribution is -2.21. The lowest BCUT2D eigenvalue weighted by Gasteiger charge is -2.18. The summed E-state index contributed by atoms with van der Waals surface area (Å²) in [4.78, 5) is 8.56. The second-order valence-corrected chi connectivity index (χ2v) is 6.23. The van der Waals surface area contributed by atoms with Gasteiger partial charge < -0.3 is 10.4 Å². The highest BCUT2D eigenvalue weighted by molar-refractivity contribution is 5.95. The van der Waals surface area contributed by atoms with Crippen molar-refractivity contribution in [3.8, 4) is 6.07 Å². The maximum Gasteiger partial charge on any atom is 0.124 e. The normalized spacial score (nSPS) is 11.9. The van der Waals surface area contributed by atoms with Crippen LogP contribution < -0.4 is 5.32 Å². The van der Waals surface area contributed by atoms with Crippen LogP contribution in [-0.4, -0.2) is 28.2 Å². The van der Waals surface area contributed by atoms with E-state index in [0.29, 0.717) is 40.7 Å². The Hall–Kier alpha value is -3.04. The van der Waals surface area contributed by atoms with E-state index in [2.05, 4.69) is 21.4 Å². The second kappa shape index (κ2) is 7.89. The van der Waals surface area contributed by atoms with Crippen LogP contribution in [0.5, 0.6) is 0 Å². The largest absolute Gasteiger partial charge is 0.396 e. The summed E-state index contributed by atoms with van der Waals surface area (Å²) >= 11 is 0. The Morgan fingerprint density at radius 2 is 2.15 bits per heavy atom. The summed E-state index contributed by atoms with van der Waals surface area (Å²) in [6.07, 6.45) is 3.80. The fourth-order valence-electron chi connectivity index (χ4n) is 2.97. The van der Waals surface area contributed by atoms with E-state index in [1.165, 1.54) is 18.3 Å². The summed E-state index contributed by atoms with van der Waals surface area (Å²) in [5, 5.41) is 22.9. The van der Waals surface area contributed by atoms with Gasteiger partial charge in [-0.15, -0.1) is 0 Å². The third-order valence-corrected chi connectivity index (χ3v) is 4.30. The highest BCUT2D eigenvalue weighted by Gasteiger charge is 2.15. The van der Waals surface area contributed by atoms with Gasteiger partial charge in [0, 0.05) is 42.5 Å². The van der Waals surface area contributed by atoms with Gasteiger partial charge in [0.2, 0.25) is 0 Å². The molecule has 132 valence electrons. The van der Waals surface area contributed by atoms with Gasteiger partial charge in [-0.2, -0.15) is 5.26 Å². The number of aromatic nitrogens is 2. The van der Waals surface area contributed by atoms with Crippen molar-refractivity contribution in [1.82, 2.24) is 9.97 Å². The summed E-state index contributed by atoms with van der Waals surface area (Å²) in [5.74, 6) is -0.462. The number of nitriles is 1. The third kappa shape index (κ3) is 3.79. The number of aryl methyl sites for hydroxylation is 1. The van der Waals surface area contributed by atoms with Gasteiger partial charge >= 0.3 is 0 Å². The van der Waals surface area contributed by atoms with Crippen LogP contribution in [0.1, 0.15) is 16.8 Å². The minimum atomic E-state index is -0.373. The quantitative estimate of drug-likeness (QED) is 0.713. The van der Waals surface area contributed by atoms with Crippen LogP contribution in [0.15, 0.2) is 42.7 Å². The molecule has 0 saturated heterocycles. The summed E-state index contributed by atoms with van der Waals surface area (Å²) in [6.45, 7) is 2.18. The number of hydrogen-bond acceptors (Lipinski definition) is 5. The first kappa shape index (κ1) is 17.8. The van der Waals surface area contributed by atoms with Crippen molar-refractivity contribution in [2.75, 3.05) is 18.5 Å². The number of nitrogens with one attached hydrogen (secondary N) is 1. The molecule has 1 aromatic carbocycles. The Morgan fingerprint density at radius 3 is 2.85 bits per heavy atom. The summed E-state index contributed by atoms with van der Waals surface area (Å²) in [7, 11) is 0. The third-order valence-electron chi connectivity index (χ3n) is 4.30. The standard InChI is InChI=1S/C20H19FN4O/c1-13-6-16(21)8-18-19(13)25-11-15(9-22)20(18)24-10-14(12-26)7-17-4-2-3-5-23-17/h2-6,8,11,14,26H,7,10,12H2,1H3,(H,24,25). The van der Waals surface area contributed by atoms with Crippen LogP contribution >= 0.6 is 0 Å². The van der Waals surface area contributed by atoms with Crippen LogP contribution in [0.3, 0.4) is 0 Å². The van der Waals surface area contributed by atoms with E-state index in [0.717, 1.165) is 5.69 Å². The molecule has 3 rings (SSSR count). The summed E-state index contributed by atoms with van der Waals surface area (Å²) < 4.78 is 13.9. The number of rotatable bonds is 6. The number of hydrogen-bond donors (Lipinski definition) is 2. The minimum absolute atomic E-state index is 0.0259. The molecule has 0 aliphatic carbocycles. The molecule has 3 aromatic rings. The number of anilines is 1. The van der Waals surface area contributed by atoms with E-state index >= 15 is 0 Å².